The molecule has 0 radical (unpaired) electrons. The molecule has 1 atom stereocenters. The number of carbonyl (C=O) groups is 1. The Morgan fingerprint density at radius 3 is 2.52 bits per heavy atom. The van der Waals surface area contributed by atoms with Crippen LogP contribution in [0.3, 0.4) is 0 Å². The number of rotatable bonds is 4. The Kier molecular flexibility index (Phi) is 5.46. The first kappa shape index (κ1) is 17.6. The zero-order chi connectivity index (χ0) is 17.8. The lowest BCUT2D eigenvalue weighted by Gasteiger charge is -2.33. The fourth-order valence-electron chi connectivity index (χ4n) is 2.89. The number of amides is 1. The molecule has 5 nitrogen and oxygen atoms in total. The fourth-order valence-corrected chi connectivity index (χ4v) is 3.13. The summed E-state index contributed by atoms with van der Waals surface area (Å²) in [5.41, 5.74) is 1.45. The van der Waals surface area contributed by atoms with Crippen LogP contribution in [0.5, 0.6) is 11.5 Å². The van der Waals surface area contributed by atoms with Gasteiger partial charge in [-0.1, -0.05) is 41.9 Å². The van der Waals surface area contributed by atoms with Gasteiger partial charge in [0.25, 0.3) is 5.91 Å². The van der Waals surface area contributed by atoms with Crippen molar-refractivity contribution in [3.05, 3.63) is 58.6 Å². The molecule has 0 aromatic heterocycles. The molecule has 1 saturated heterocycles. The molecule has 6 heteroatoms. The van der Waals surface area contributed by atoms with Gasteiger partial charge in [-0.15, -0.1) is 0 Å². The van der Waals surface area contributed by atoms with Gasteiger partial charge in [-0.05, 0) is 11.6 Å². The van der Waals surface area contributed by atoms with Crippen molar-refractivity contribution in [3.63, 3.8) is 0 Å². The Hall–Kier alpha value is -2.24. The number of nitrogens with zero attached hydrogens (tertiary/aromatic N) is 1. The molecule has 25 heavy (non-hydrogen) atoms. The second-order valence-electron chi connectivity index (χ2n) is 5.71. The molecule has 1 heterocycles. The molecule has 2 aromatic carbocycles. The van der Waals surface area contributed by atoms with Gasteiger partial charge in [0.15, 0.2) is 11.5 Å². The van der Waals surface area contributed by atoms with Crippen LogP contribution in [0.2, 0.25) is 5.02 Å². The molecular weight excluding hydrogens is 342 g/mol. The molecule has 132 valence electrons. The second-order valence-corrected chi connectivity index (χ2v) is 6.12. The van der Waals surface area contributed by atoms with Crippen LogP contribution in [-0.4, -0.2) is 44.7 Å². The van der Waals surface area contributed by atoms with Gasteiger partial charge in [0, 0.05) is 12.6 Å². The Morgan fingerprint density at radius 1 is 1.16 bits per heavy atom. The highest BCUT2D eigenvalue weighted by Gasteiger charge is 2.28. The van der Waals surface area contributed by atoms with Crippen LogP contribution in [0.4, 0.5) is 0 Å². The van der Waals surface area contributed by atoms with E-state index in [-0.39, 0.29) is 12.0 Å². The van der Waals surface area contributed by atoms with Gasteiger partial charge in [0.1, 0.15) is 6.10 Å². The Labute approximate surface area is 152 Å². The van der Waals surface area contributed by atoms with Gasteiger partial charge < -0.3 is 19.1 Å². The maximum atomic E-state index is 13.0. The number of hydrogen-bond acceptors (Lipinski definition) is 4. The van der Waals surface area contributed by atoms with Crippen molar-refractivity contribution in [3.8, 4) is 11.5 Å². The highest BCUT2D eigenvalue weighted by Crippen LogP contribution is 2.34. The Morgan fingerprint density at radius 2 is 1.84 bits per heavy atom. The van der Waals surface area contributed by atoms with Crippen molar-refractivity contribution in [1.82, 2.24) is 4.90 Å². The molecule has 0 spiro atoms. The van der Waals surface area contributed by atoms with Crippen molar-refractivity contribution in [2.45, 2.75) is 6.10 Å². The first-order valence-corrected chi connectivity index (χ1v) is 8.39. The summed E-state index contributed by atoms with van der Waals surface area (Å²) in [5, 5.41) is 0.338. The molecule has 0 saturated carbocycles. The second kappa shape index (κ2) is 7.76. The molecule has 1 fully saturated rings. The monoisotopic (exact) mass is 361 g/mol. The molecule has 1 unspecified atom stereocenters. The number of ether oxygens (including phenoxy) is 3. The largest absolute Gasteiger partial charge is 0.493 e. The van der Waals surface area contributed by atoms with E-state index in [0.717, 1.165) is 5.56 Å². The zero-order valence-corrected chi connectivity index (χ0v) is 15.0. The Bertz CT molecular complexity index is 751. The number of methoxy groups -OCH3 is 2. The van der Waals surface area contributed by atoms with E-state index in [1.54, 1.807) is 17.0 Å². The topological polar surface area (TPSA) is 48.0 Å². The summed E-state index contributed by atoms with van der Waals surface area (Å²) in [6.07, 6.45) is -0.141. The molecule has 0 aliphatic carbocycles. The third kappa shape index (κ3) is 3.72. The summed E-state index contributed by atoms with van der Waals surface area (Å²) in [7, 11) is 3.06. The van der Waals surface area contributed by atoms with Crippen molar-refractivity contribution in [2.75, 3.05) is 33.9 Å². The van der Waals surface area contributed by atoms with Crippen LogP contribution in [0.25, 0.3) is 0 Å². The number of hydrogen-bond donors (Lipinski definition) is 0. The maximum absolute atomic E-state index is 13.0. The first-order chi connectivity index (χ1) is 12.1. The van der Waals surface area contributed by atoms with E-state index in [9.17, 15) is 4.79 Å². The van der Waals surface area contributed by atoms with E-state index in [4.69, 9.17) is 25.8 Å². The van der Waals surface area contributed by atoms with Crippen molar-refractivity contribution in [1.29, 1.82) is 0 Å². The van der Waals surface area contributed by atoms with Crippen LogP contribution in [0, 0.1) is 0 Å². The minimum atomic E-state index is -0.143. The molecule has 0 bridgehead atoms. The summed E-state index contributed by atoms with van der Waals surface area (Å²) in [6.45, 7) is 1.48. The molecule has 3 rings (SSSR count). The van der Waals surface area contributed by atoms with E-state index in [1.165, 1.54) is 14.2 Å². The third-order valence-corrected chi connectivity index (χ3v) is 4.54. The van der Waals surface area contributed by atoms with Gasteiger partial charge in [0.05, 0.1) is 38.0 Å². The molecule has 0 N–H and O–H groups in total. The summed E-state index contributed by atoms with van der Waals surface area (Å²) in [4.78, 5) is 14.7. The van der Waals surface area contributed by atoms with Gasteiger partial charge in [-0.3, -0.25) is 4.79 Å². The summed E-state index contributed by atoms with van der Waals surface area (Å²) < 4.78 is 16.3. The Balaban J connectivity index is 1.83. The van der Waals surface area contributed by atoms with Crippen LogP contribution < -0.4 is 9.47 Å². The minimum Gasteiger partial charge on any atom is -0.493 e. The fraction of sp³-hybridized carbons (Fsp3) is 0.316. The van der Waals surface area contributed by atoms with E-state index in [2.05, 4.69) is 0 Å². The predicted molar refractivity (Wildman–Crippen MR) is 95.6 cm³/mol. The average Bonchev–Trinajstić information content (AvgIpc) is 2.68. The van der Waals surface area contributed by atoms with Crippen LogP contribution in [0.1, 0.15) is 22.0 Å². The quantitative estimate of drug-likeness (QED) is 0.835. The average molecular weight is 362 g/mol. The van der Waals surface area contributed by atoms with E-state index in [0.29, 0.717) is 41.8 Å². The highest BCUT2D eigenvalue weighted by atomic mass is 35.5. The maximum Gasteiger partial charge on any atom is 0.255 e. The van der Waals surface area contributed by atoms with Crippen LogP contribution in [-0.2, 0) is 4.74 Å². The minimum absolute atomic E-state index is 0.141. The molecule has 1 amide bonds. The van der Waals surface area contributed by atoms with Crippen molar-refractivity contribution >= 4 is 17.5 Å². The molecule has 2 aromatic rings. The first-order valence-electron chi connectivity index (χ1n) is 8.01. The van der Waals surface area contributed by atoms with Gasteiger partial charge >= 0.3 is 0 Å². The lowest BCUT2D eigenvalue weighted by Crippen LogP contribution is -2.42. The SMILES string of the molecule is COc1cc(Cl)c(C(=O)N2CCOC(c3ccccc3)C2)cc1OC. The van der Waals surface area contributed by atoms with Gasteiger partial charge in [-0.25, -0.2) is 0 Å². The summed E-state index contributed by atoms with van der Waals surface area (Å²) >= 11 is 6.29. The lowest BCUT2D eigenvalue weighted by atomic mass is 10.1. The number of benzene rings is 2. The van der Waals surface area contributed by atoms with E-state index < -0.39 is 0 Å². The smallest absolute Gasteiger partial charge is 0.255 e. The molecule has 1 aliphatic rings. The molecular formula is C19H20ClNO4. The standard InChI is InChI=1S/C19H20ClNO4/c1-23-16-10-14(15(20)11-17(16)24-2)19(22)21-8-9-25-18(12-21)13-6-4-3-5-7-13/h3-7,10-11,18H,8-9,12H2,1-2H3. The van der Waals surface area contributed by atoms with Crippen LogP contribution in [0.15, 0.2) is 42.5 Å². The lowest BCUT2D eigenvalue weighted by molar-refractivity contribution is -0.0228. The number of carbonyl (C=O) groups excluding carboxylic acids is 1. The normalized spacial score (nSPS) is 17.2. The van der Waals surface area contributed by atoms with E-state index >= 15 is 0 Å². The summed E-state index contributed by atoms with van der Waals surface area (Å²) in [5.74, 6) is 0.825. The van der Waals surface area contributed by atoms with Crippen LogP contribution >= 0.6 is 11.6 Å². The van der Waals surface area contributed by atoms with Gasteiger partial charge in [0.2, 0.25) is 0 Å². The van der Waals surface area contributed by atoms with Crippen molar-refractivity contribution in [2.24, 2.45) is 0 Å². The number of halogens is 1. The molecule has 1 aliphatic heterocycles. The van der Waals surface area contributed by atoms with Gasteiger partial charge in [-0.2, -0.15) is 0 Å². The zero-order valence-electron chi connectivity index (χ0n) is 14.2. The summed E-state index contributed by atoms with van der Waals surface area (Å²) in [6, 6.07) is 13.1. The van der Waals surface area contributed by atoms with Crippen molar-refractivity contribution < 1.29 is 19.0 Å². The highest BCUT2D eigenvalue weighted by molar-refractivity contribution is 6.34. The van der Waals surface area contributed by atoms with E-state index in [1.807, 2.05) is 30.3 Å². The predicted octanol–water partition coefficient (Wildman–Crippen LogP) is 3.57. The third-order valence-electron chi connectivity index (χ3n) is 4.23. The number of morpholine rings is 1.